The van der Waals surface area contributed by atoms with Gasteiger partial charge < -0.3 is 4.74 Å². The minimum absolute atomic E-state index is 0.391. The predicted molar refractivity (Wildman–Crippen MR) is 92.4 cm³/mol. The van der Waals surface area contributed by atoms with E-state index in [1.807, 2.05) is 30.3 Å². The first-order valence-corrected chi connectivity index (χ1v) is 8.62. The second kappa shape index (κ2) is 6.97. The third-order valence-corrected chi connectivity index (χ3v) is 4.31. The number of rotatable bonds is 4. The smallest absolute Gasteiger partial charge is 0.131 e. The van der Waals surface area contributed by atoms with Gasteiger partial charge in [-0.15, -0.1) is 0 Å². The molecule has 20 heavy (non-hydrogen) atoms. The maximum Gasteiger partial charge on any atom is 0.131 e. The van der Waals surface area contributed by atoms with Crippen LogP contribution in [0.25, 0.3) is 0 Å². The lowest BCUT2D eigenvalue weighted by molar-refractivity contribution is 0.469. The summed E-state index contributed by atoms with van der Waals surface area (Å²) in [7, 11) is 0. The molecule has 0 aliphatic heterocycles. The van der Waals surface area contributed by atoms with Crippen LogP contribution < -0.4 is 4.74 Å². The van der Waals surface area contributed by atoms with E-state index in [1.54, 1.807) is 0 Å². The molecule has 2 aromatic carbocycles. The first-order valence-electron chi connectivity index (χ1n) is 6.33. The molecular formula is C16H15Br2ClO. The SMILES string of the molecule is CC(C)c1cc(Br)ccc1Oc1ccc(Cl)cc1CBr. The Morgan fingerprint density at radius 2 is 1.80 bits per heavy atom. The van der Waals surface area contributed by atoms with E-state index in [-0.39, 0.29) is 0 Å². The Bertz CT molecular complexity index is 611. The summed E-state index contributed by atoms with van der Waals surface area (Å²) in [4.78, 5) is 0. The monoisotopic (exact) mass is 416 g/mol. The molecule has 0 heterocycles. The maximum absolute atomic E-state index is 6.09. The summed E-state index contributed by atoms with van der Waals surface area (Å²) in [5.41, 5.74) is 2.21. The Labute approximate surface area is 141 Å². The molecule has 0 aliphatic carbocycles. The van der Waals surface area contributed by atoms with Crippen LogP contribution in [0.1, 0.15) is 30.9 Å². The van der Waals surface area contributed by atoms with Gasteiger partial charge in [-0.1, -0.05) is 57.3 Å². The first kappa shape index (κ1) is 15.9. The van der Waals surface area contributed by atoms with Crippen LogP contribution >= 0.6 is 43.5 Å². The molecule has 0 radical (unpaired) electrons. The van der Waals surface area contributed by atoms with E-state index in [9.17, 15) is 0 Å². The average molecular weight is 419 g/mol. The summed E-state index contributed by atoms with van der Waals surface area (Å²) in [6, 6.07) is 11.8. The molecule has 0 saturated heterocycles. The number of ether oxygens (including phenoxy) is 1. The van der Waals surface area contributed by atoms with Crippen LogP contribution in [0.15, 0.2) is 40.9 Å². The molecule has 0 unspecified atom stereocenters. The Balaban J connectivity index is 2.39. The molecular weight excluding hydrogens is 403 g/mol. The summed E-state index contributed by atoms with van der Waals surface area (Å²) in [6.45, 7) is 4.31. The zero-order valence-electron chi connectivity index (χ0n) is 11.3. The molecule has 0 saturated carbocycles. The minimum atomic E-state index is 0.391. The standard InChI is InChI=1S/C16H15Br2ClO/c1-10(2)14-8-12(18)3-5-16(14)20-15-6-4-13(19)7-11(15)9-17/h3-8,10H,9H2,1-2H3. The summed E-state index contributed by atoms with van der Waals surface area (Å²) in [5, 5.41) is 1.42. The zero-order chi connectivity index (χ0) is 14.7. The van der Waals surface area contributed by atoms with Gasteiger partial charge in [-0.05, 0) is 47.9 Å². The molecule has 2 rings (SSSR count). The number of halogens is 3. The van der Waals surface area contributed by atoms with Crippen molar-refractivity contribution in [1.82, 2.24) is 0 Å². The van der Waals surface area contributed by atoms with Gasteiger partial charge in [0.05, 0.1) is 0 Å². The van der Waals surface area contributed by atoms with Crippen LogP contribution in [0.3, 0.4) is 0 Å². The second-order valence-electron chi connectivity index (χ2n) is 4.82. The van der Waals surface area contributed by atoms with Crippen molar-refractivity contribution in [1.29, 1.82) is 0 Å². The van der Waals surface area contributed by atoms with Crippen molar-refractivity contribution in [2.75, 3.05) is 0 Å². The highest BCUT2D eigenvalue weighted by Crippen LogP contribution is 2.35. The van der Waals surface area contributed by atoms with Crippen LogP contribution in [0, 0.1) is 0 Å². The predicted octanol–water partition coefficient (Wildman–Crippen LogP) is 6.91. The van der Waals surface area contributed by atoms with Gasteiger partial charge in [0, 0.05) is 20.4 Å². The van der Waals surface area contributed by atoms with Crippen molar-refractivity contribution >= 4 is 43.5 Å². The Morgan fingerprint density at radius 1 is 1.10 bits per heavy atom. The van der Waals surface area contributed by atoms with Crippen LogP contribution in [0.5, 0.6) is 11.5 Å². The second-order valence-corrected chi connectivity index (χ2v) is 6.74. The minimum Gasteiger partial charge on any atom is -0.457 e. The van der Waals surface area contributed by atoms with E-state index in [4.69, 9.17) is 16.3 Å². The van der Waals surface area contributed by atoms with Crippen molar-refractivity contribution < 1.29 is 4.74 Å². The van der Waals surface area contributed by atoms with E-state index >= 15 is 0 Å². The summed E-state index contributed by atoms with van der Waals surface area (Å²) in [6.07, 6.45) is 0. The lowest BCUT2D eigenvalue weighted by atomic mass is 10.0. The van der Waals surface area contributed by atoms with Crippen LogP contribution in [0.2, 0.25) is 5.02 Å². The van der Waals surface area contributed by atoms with Gasteiger partial charge in [0.2, 0.25) is 0 Å². The van der Waals surface area contributed by atoms with Gasteiger partial charge >= 0.3 is 0 Å². The Hall–Kier alpha value is -0.510. The molecule has 1 nitrogen and oxygen atoms in total. The molecule has 0 bridgehead atoms. The molecule has 0 N–H and O–H groups in total. The maximum atomic E-state index is 6.09. The molecule has 0 atom stereocenters. The average Bonchev–Trinajstić information content (AvgIpc) is 2.42. The molecule has 0 aliphatic rings. The molecule has 106 valence electrons. The van der Waals surface area contributed by atoms with Crippen LogP contribution in [-0.2, 0) is 5.33 Å². The normalized spacial score (nSPS) is 10.9. The Morgan fingerprint density at radius 3 is 2.45 bits per heavy atom. The summed E-state index contributed by atoms with van der Waals surface area (Å²) < 4.78 is 7.15. The highest BCUT2D eigenvalue weighted by atomic mass is 79.9. The largest absolute Gasteiger partial charge is 0.457 e. The first-order chi connectivity index (χ1) is 9.51. The quantitative estimate of drug-likeness (QED) is 0.490. The van der Waals surface area contributed by atoms with Gasteiger partial charge in [-0.2, -0.15) is 0 Å². The highest BCUT2D eigenvalue weighted by molar-refractivity contribution is 9.10. The molecule has 0 aromatic heterocycles. The number of hydrogen-bond donors (Lipinski definition) is 0. The fourth-order valence-electron chi connectivity index (χ4n) is 1.93. The van der Waals surface area contributed by atoms with Gasteiger partial charge in [-0.3, -0.25) is 0 Å². The van der Waals surface area contributed by atoms with Crippen molar-refractivity contribution in [3.8, 4) is 11.5 Å². The van der Waals surface area contributed by atoms with Crippen molar-refractivity contribution in [2.24, 2.45) is 0 Å². The fourth-order valence-corrected chi connectivity index (χ4v) is 2.95. The number of benzene rings is 2. The molecule has 0 spiro atoms. The molecule has 0 amide bonds. The number of hydrogen-bond acceptors (Lipinski definition) is 1. The van der Waals surface area contributed by atoms with Crippen LogP contribution in [0.4, 0.5) is 0 Å². The van der Waals surface area contributed by atoms with Crippen LogP contribution in [-0.4, -0.2) is 0 Å². The van der Waals surface area contributed by atoms with Gasteiger partial charge in [0.25, 0.3) is 0 Å². The molecule has 0 fully saturated rings. The summed E-state index contributed by atoms with van der Waals surface area (Å²) in [5.74, 6) is 2.10. The third kappa shape index (κ3) is 3.78. The lowest BCUT2D eigenvalue weighted by Gasteiger charge is -2.16. The van der Waals surface area contributed by atoms with Crippen molar-refractivity contribution in [3.05, 3.63) is 57.0 Å². The zero-order valence-corrected chi connectivity index (χ0v) is 15.2. The van der Waals surface area contributed by atoms with E-state index < -0.39 is 0 Å². The van der Waals surface area contributed by atoms with E-state index in [1.165, 1.54) is 5.56 Å². The van der Waals surface area contributed by atoms with Gasteiger partial charge in [0.15, 0.2) is 0 Å². The third-order valence-electron chi connectivity index (χ3n) is 2.98. The highest BCUT2D eigenvalue weighted by Gasteiger charge is 2.11. The van der Waals surface area contributed by atoms with Gasteiger partial charge in [0.1, 0.15) is 11.5 Å². The Kier molecular flexibility index (Phi) is 5.53. The summed E-state index contributed by atoms with van der Waals surface area (Å²) >= 11 is 13.0. The lowest BCUT2D eigenvalue weighted by Crippen LogP contribution is -1.96. The number of alkyl halides is 1. The fraction of sp³-hybridized carbons (Fsp3) is 0.250. The molecule has 2 aromatic rings. The van der Waals surface area contributed by atoms with Crippen molar-refractivity contribution in [2.45, 2.75) is 25.1 Å². The van der Waals surface area contributed by atoms with Crippen molar-refractivity contribution in [3.63, 3.8) is 0 Å². The van der Waals surface area contributed by atoms with E-state index in [2.05, 4.69) is 51.8 Å². The van der Waals surface area contributed by atoms with E-state index in [0.29, 0.717) is 16.3 Å². The molecule has 4 heteroatoms. The van der Waals surface area contributed by atoms with Gasteiger partial charge in [-0.25, -0.2) is 0 Å². The topological polar surface area (TPSA) is 9.23 Å². The van der Waals surface area contributed by atoms with E-state index in [0.717, 1.165) is 21.5 Å².